The Hall–Kier alpha value is -4.19. The number of halogens is 4. The van der Waals surface area contributed by atoms with Gasteiger partial charge >= 0.3 is 19.2 Å². The second-order valence-electron chi connectivity index (χ2n) is 8.63. The number of amides is 1. The van der Waals surface area contributed by atoms with E-state index in [1.54, 1.807) is 44.4 Å². The highest BCUT2D eigenvalue weighted by atomic mass is 19.3. The lowest BCUT2D eigenvalue weighted by molar-refractivity contribution is -0.115. The summed E-state index contributed by atoms with van der Waals surface area (Å²) in [6.07, 6.45) is 2.30. The van der Waals surface area contributed by atoms with Crippen molar-refractivity contribution in [3.8, 4) is 11.5 Å². The van der Waals surface area contributed by atoms with Crippen LogP contribution in [0.25, 0.3) is 22.6 Å². The summed E-state index contributed by atoms with van der Waals surface area (Å²) in [5, 5.41) is 10.5. The summed E-state index contributed by atoms with van der Waals surface area (Å²) in [5.41, 5.74) is 2.34. The normalized spacial score (nSPS) is 14.1. The second kappa shape index (κ2) is 13.1. The van der Waals surface area contributed by atoms with E-state index >= 15 is 0 Å². The predicted octanol–water partition coefficient (Wildman–Crippen LogP) is 5.22. The Labute approximate surface area is 222 Å². The number of fused-ring (bicyclic) bond motifs is 2. The van der Waals surface area contributed by atoms with Crippen LogP contribution in [0.5, 0.6) is 11.5 Å². The Morgan fingerprint density at radius 1 is 1.10 bits per heavy atom. The van der Waals surface area contributed by atoms with Gasteiger partial charge in [-0.3, -0.25) is 9.69 Å². The predicted molar refractivity (Wildman–Crippen MR) is 137 cm³/mol. The summed E-state index contributed by atoms with van der Waals surface area (Å²) in [7, 11) is 3.38. The lowest BCUT2D eigenvalue weighted by Crippen LogP contribution is -2.31. The highest BCUT2D eigenvalue weighted by Gasteiger charge is 2.28. The zero-order valence-corrected chi connectivity index (χ0v) is 21.4. The average molecular weight is 550 g/mol. The van der Waals surface area contributed by atoms with E-state index in [1.165, 1.54) is 17.0 Å². The largest absolute Gasteiger partial charge is 0.478 e. The minimum absolute atomic E-state index is 0.134. The van der Waals surface area contributed by atoms with Crippen LogP contribution >= 0.6 is 0 Å². The first kappa shape index (κ1) is 29.4. The quantitative estimate of drug-likeness (QED) is 0.304. The van der Waals surface area contributed by atoms with Crippen molar-refractivity contribution in [3.05, 3.63) is 64.8 Å². The van der Waals surface area contributed by atoms with Crippen molar-refractivity contribution in [3.63, 3.8) is 0 Å². The maximum atomic E-state index is 13.0. The maximum Gasteiger partial charge on any atom is 0.387 e. The molecule has 0 bridgehead atoms. The first-order chi connectivity index (χ1) is 18.5. The third-order valence-electron chi connectivity index (χ3n) is 5.70. The van der Waals surface area contributed by atoms with E-state index in [1.807, 2.05) is 11.8 Å². The molecule has 2 aromatic carbocycles. The van der Waals surface area contributed by atoms with Gasteiger partial charge in [-0.1, -0.05) is 25.1 Å². The molecule has 0 spiro atoms. The van der Waals surface area contributed by atoms with E-state index in [9.17, 15) is 32.3 Å². The molecular formula is C27H27F4N3O5. The van der Waals surface area contributed by atoms with E-state index < -0.39 is 19.2 Å². The SMILES string of the molecule is CCN1C/C(=C\c2ccc(OC(F)F)cc2OC(F)F)c2nc3ccccc3c(C(=O)O)c2C1.CN(C)C=O. The van der Waals surface area contributed by atoms with Gasteiger partial charge in [0, 0.05) is 49.8 Å². The lowest BCUT2D eigenvalue weighted by atomic mass is 9.92. The summed E-state index contributed by atoms with van der Waals surface area (Å²) < 4.78 is 60.1. The first-order valence-electron chi connectivity index (χ1n) is 11.8. The smallest absolute Gasteiger partial charge is 0.387 e. The van der Waals surface area contributed by atoms with Crippen molar-refractivity contribution >= 4 is 34.9 Å². The number of carboxylic acid groups (broad SMARTS) is 1. The van der Waals surface area contributed by atoms with Gasteiger partial charge in [-0.05, 0) is 36.4 Å². The minimum atomic E-state index is -3.19. The summed E-state index contributed by atoms with van der Waals surface area (Å²) in [6.45, 7) is -3.07. The van der Waals surface area contributed by atoms with Gasteiger partial charge in [0.2, 0.25) is 6.41 Å². The lowest BCUT2D eigenvalue weighted by Gasteiger charge is -2.30. The highest BCUT2D eigenvalue weighted by Crippen LogP contribution is 2.36. The molecule has 208 valence electrons. The summed E-state index contributed by atoms with van der Waals surface area (Å²) in [4.78, 5) is 29.7. The van der Waals surface area contributed by atoms with Gasteiger partial charge in [-0.15, -0.1) is 0 Å². The molecule has 12 heteroatoms. The van der Waals surface area contributed by atoms with Gasteiger partial charge in [0.05, 0.1) is 16.8 Å². The van der Waals surface area contributed by atoms with E-state index in [2.05, 4.69) is 14.5 Å². The number of rotatable bonds is 8. The molecule has 8 nitrogen and oxygen atoms in total. The number of hydrogen-bond donors (Lipinski definition) is 1. The van der Waals surface area contributed by atoms with Crippen molar-refractivity contribution in [1.29, 1.82) is 0 Å². The molecule has 3 aromatic rings. The van der Waals surface area contributed by atoms with Gasteiger partial charge in [-0.2, -0.15) is 17.6 Å². The van der Waals surface area contributed by atoms with Crippen LogP contribution in [-0.4, -0.2) is 72.7 Å². The van der Waals surface area contributed by atoms with Gasteiger partial charge in [0.15, 0.2) is 0 Å². The van der Waals surface area contributed by atoms with Gasteiger partial charge < -0.3 is 19.5 Å². The molecule has 0 radical (unpaired) electrons. The average Bonchev–Trinajstić information content (AvgIpc) is 2.88. The fourth-order valence-corrected chi connectivity index (χ4v) is 4.04. The number of benzene rings is 2. The minimum Gasteiger partial charge on any atom is -0.478 e. The number of aromatic nitrogens is 1. The molecule has 0 saturated carbocycles. The van der Waals surface area contributed by atoms with Crippen LogP contribution in [0.1, 0.15) is 34.1 Å². The molecule has 1 amide bonds. The van der Waals surface area contributed by atoms with Crippen molar-refractivity contribution in [2.24, 2.45) is 0 Å². The van der Waals surface area contributed by atoms with Crippen LogP contribution in [0.2, 0.25) is 0 Å². The number of nitrogens with zero attached hydrogens (tertiary/aromatic N) is 3. The van der Waals surface area contributed by atoms with Crippen LogP contribution in [-0.2, 0) is 11.3 Å². The standard InChI is InChI=1S/C24H20F4N2O4.C3H7NO/c1-2-30-11-14(9-13-7-8-15(33-23(25)26)10-19(13)34-24(27)28)21-17(12-30)20(22(31)32)16-5-3-4-6-18(16)29-21;1-4(2)3-5/h3-10,23-24H,2,11-12H2,1H3,(H,31,32);3H,1-2H3/b14-9+;. The summed E-state index contributed by atoms with van der Waals surface area (Å²) >= 11 is 0. The Kier molecular flexibility index (Phi) is 9.83. The van der Waals surface area contributed by atoms with Gasteiger partial charge in [-0.25, -0.2) is 9.78 Å². The number of carboxylic acids is 1. The Bertz CT molecular complexity index is 1360. The molecule has 2 heterocycles. The zero-order valence-electron chi connectivity index (χ0n) is 21.4. The van der Waals surface area contributed by atoms with E-state index in [4.69, 9.17) is 0 Å². The molecule has 1 aromatic heterocycles. The van der Waals surface area contributed by atoms with Gasteiger partial charge in [0.25, 0.3) is 0 Å². The Balaban J connectivity index is 0.000000771. The number of alkyl halides is 4. The number of aromatic carboxylic acids is 1. The fraction of sp³-hybridized carbons (Fsp3) is 0.296. The number of carbonyl (C=O) groups excluding carboxylic acids is 1. The first-order valence-corrected chi connectivity index (χ1v) is 11.8. The number of carbonyl (C=O) groups is 2. The Morgan fingerprint density at radius 2 is 1.77 bits per heavy atom. The fourth-order valence-electron chi connectivity index (χ4n) is 4.04. The van der Waals surface area contributed by atoms with Gasteiger partial charge in [0.1, 0.15) is 11.5 Å². The van der Waals surface area contributed by atoms with Crippen molar-refractivity contribution in [2.75, 3.05) is 27.2 Å². The molecule has 1 aliphatic rings. The van der Waals surface area contributed by atoms with Crippen LogP contribution < -0.4 is 9.47 Å². The third kappa shape index (κ3) is 7.44. The molecule has 0 saturated heterocycles. The summed E-state index contributed by atoms with van der Waals surface area (Å²) in [5.74, 6) is -1.78. The van der Waals surface area contributed by atoms with Crippen LogP contribution in [0.15, 0.2) is 42.5 Å². The molecule has 0 unspecified atom stereocenters. The van der Waals surface area contributed by atoms with Crippen LogP contribution in [0.4, 0.5) is 17.6 Å². The monoisotopic (exact) mass is 549 g/mol. The highest BCUT2D eigenvalue weighted by molar-refractivity contribution is 6.06. The topological polar surface area (TPSA) is 92.2 Å². The van der Waals surface area contributed by atoms with E-state index in [0.717, 1.165) is 12.5 Å². The van der Waals surface area contributed by atoms with Crippen molar-refractivity contribution in [1.82, 2.24) is 14.8 Å². The van der Waals surface area contributed by atoms with E-state index in [-0.39, 0.29) is 22.6 Å². The number of likely N-dealkylation sites (N-methyl/N-ethyl adjacent to an activating group) is 1. The second-order valence-corrected chi connectivity index (χ2v) is 8.63. The zero-order chi connectivity index (χ0) is 28.7. The van der Waals surface area contributed by atoms with Crippen LogP contribution in [0, 0.1) is 0 Å². The molecule has 39 heavy (non-hydrogen) atoms. The molecule has 0 fully saturated rings. The number of pyridine rings is 1. The molecule has 0 aliphatic carbocycles. The maximum absolute atomic E-state index is 13.0. The summed E-state index contributed by atoms with van der Waals surface area (Å²) in [6, 6.07) is 10.4. The molecule has 0 atom stereocenters. The molecule has 1 N–H and O–H groups in total. The number of hydrogen-bond acceptors (Lipinski definition) is 6. The van der Waals surface area contributed by atoms with Crippen LogP contribution in [0.3, 0.4) is 0 Å². The van der Waals surface area contributed by atoms with Crippen molar-refractivity contribution < 1.29 is 41.7 Å². The molecule has 4 rings (SSSR count). The third-order valence-corrected chi connectivity index (χ3v) is 5.70. The van der Waals surface area contributed by atoms with E-state index in [0.29, 0.717) is 47.4 Å². The number of para-hydroxylation sites is 1. The molecule has 1 aliphatic heterocycles. The van der Waals surface area contributed by atoms with Crippen molar-refractivity contribution in [2.45, 2.75) is 26.7 Å². The molecular weight excluding hydrogens is 522 g/mol. The Morgan fingerprint density at radius 3 is 2.36 bits per heavy atom. The number of ether oxygens (including phenoxy) is 2.